The maximum Gasteiger partial charge on any atom is 0.490 e. The van der Waals surface area contributed by atoms with Gasteiger partial charge in [-0.25, -0.2) is 14.4 Å². The van der Waals surface area contributed by atoms with Gasteiger partial charge in [0.1, 0.15) is 0 Å². The van der Waals surface area contributed by atoms with Crippen molar-refractivity contribution in [2.24, 2.45) is 0 Å². The highest BCUT2D eigenvalue weighted by Gasteiger charge is 2.48. The first-order valence-electron chi connectivity index (χ1n) is 12.3. The molecule has 20 heteroatoms. The van der Waals surface area contributed by atoms with E-state index in [2.05, 4.69) is 32.3 Å². The number of carbonyl (C=O) groups is 4. The molecular weight excluding hydrogens is 639 g/mol. The number of alkyl halides is 9. The molecule has 2 aliphatic heterocycles. The molecule has 2 fully saturated rings. The summed E-state index contributed by atoms with van der Waals surface area (Å²) in [5.41, 5.74) is 2.17. The highest BCUT2D eigenvalue weighted by molar-refractivity contribution is 5.81. The van der Waals surface area contributed by atoms with Crippen LogP contribution in [0.5, 0.6) is 0 Å². The average molecular weight is 664 g/mol. The molecule has 4 rings (SSSR count). The normalized spacial score (nSPS) is 17.7. The van der Waals surface area contributed by atoms with Crippen LogP contribution in [0.15, 0.2) is 48.9 Å². The number of pyridine rings is 2. The van der Waals surface area contributed by atoms with Gasteiger partial charge in [-0.2, -0.15) is 39.5 Å². The van der Waals surface area contributed by atoms with Gasteiger partial charge in [0, 0.05) is 56.1 Å². The summed E-state index contributed by atoms with van der Waals surface area (Å²) in [6.45, 7) is 2.84. The third-order valence-corrected chi connectivity index (χ3v) is 6.12. The molecule has 1 amide bonds. The van der Waals surface area contributed by atoms with Gasteiger partial charge in [-0.3, -0.25) is 19.7 Å². The van der Waals surface area contributed by atoms with Crippen LogP contribution in [-0.4, -0.2) is 91.2 Å². The van der Waals surface area contributed by atoms with Gasteiger partial charge in [0.25, 0.3) is 0 Å². The summed E-state index contributed by atoms with van der Waals surface area (Å²) in [6.07, 6.45) is -7.18. The topological polar surface area (TPSA) is 170 Å². The number of hydrogen-bond acceptors (Lipinski definition) is 7. The predicted octanol–water partition coefficient (Wildman–Crippen LogP) is 4.01. The monoisotopic (exact) mass is 664 g/mol. The molecule has 2 saturated heterocycles. The standard InChI is InChI=1S/C19H22N4O.3C2HF3O2/c24-18-12-17(15-4-3-8-20-13-15)19(22-18)6-10-23(11-7-19)14-16-5-1-2-9-21-16;3*3-2(4,5)1(6)7/h1-5,8-9,13,17H,6-7,10-12,14H2,(H,22,24);3*(H,6,7). The van der Waals surface area contributed by atoms with E-state index < -0.39 is 36.4 Å². The zero-order chi connectivity index (χ0) is 34.6. The Hall–Kier alpha value is -4.49. The Morgan fingerprint density at radius 3 is 1.69 bits per heavy atom. The summed E-state index contributed by atoms with van der Waals surface area (Å²) in [4.78, 5) is 49.9. The van der Waals surface area contributed by atoms with E-state index in [1.54, 1.807) is 6.20 Å². The molecule has 1 spiro atoms. The van der Waals surface area contributed by atoms with Crippen LogP contribution in [0.4, 0.5) is 39.5 Å². The first-order valence-corrected chi connectivity index (χ1v) is 12.3. The highest BCUT2D eigenvalue weighted by atomic mass is 19.4. The summed E-state index contributed by atoms with van der Waals surface area (Å²) < 4.78 is 95.2. The number of aliphatic carboxylic acids is 3. The van der Waals surface area contributed by atoms with Crippen molar-refractivity contribution in [3.63, 3.8) is 0 Å². The number of aromatic nitrogens is 2. The largest absolute Gasteiger partial charge is 0.490 e. The number of rotatable bonds is 3. The molecule has 2 aliphatic rings. The van der Waals surface area contributed by atoms with Gasteiger partial charge in [0.05, 0.1) is 5.69 Å². The summed E-state index contributed by atoms with van der Waals surface area (Å²) in [6, 6.07) is 10.1. The van der Waals surface area contributed by atoms with Crippen LogP contribution in [0.1, 0.15) is 36.4 Å². The number of piperidine rings is 1. The molecule has 0 radical (unpaired) electrons. The molecule has 2 aromatic rings. The Kier molecular flexibility index (Phi) is 13.7. The van der Waals surface area contributed by atoms with E-state index >= 15 is 0 Å². The maximum atomic E-state index is 12.1. The molecule has 11 nitrogen and oxygen atoms in total. The van der Waals surface area contributed by atoms with Crippen LogP contribution >= 0.6 is 0 Å². The fourth-order valence-electron chi connectivity index (χ4n) is 4.12. The molecule has 0 bridgehead atoms. The third kappa shape index (κ3) is 13.4. The first-order chi connectivity index (χ1) is 20.6. The van der Waals surface area contributed by atoms with Crippen LogP contribution in [0.2, 0.25) is 0 Å². The number of carboxylic acids is 3. The van der Waals surface area contributed by atoms with E-state index in [4.69, 9.17) is 29.7 Å². The summed E-state index contributed by atoms with van der Waals surface area (Å²) in [5.74, 6) is -7.87. The number of carbonyl (C=O) groups excluding carboxylic acids is 1. The van der Waals surface area contributed by atoms with E-state index in [-0.39, 0.29) is 17.4 Å². The van der Waals surface area contributed by atoms with Gasteiger partial charge in [0.2, 0.25) is 5.91 Å². The molecule has 250 valence electrons. The highest BCUT2D eigenvalue weighted by Crippen LogP contribution is 2.43. The molecule has 0 aliphatic carbocycles. The number of nitrogens with zero attached hydrogens (tertiary/aromatic N) is 3. The summed E-state index contributed by atoms with van der Waals surface area (Å²) in [5, 5.41) is 24.7. The lowest BCUT2D eigenvalue weighted by atomic mass is 9.75. The molecule has 2 aromatic heterocycles. The summed E-state index contributed by atoms with van der Waals surface area (Å²) in [7, 11) is 0. The second-order valence-corrected chi connectivity index (χ2v) is 9.25. The number of nitrogens with one attached hydrogen (secondary N) is 1. The van der Waals surface area contributed by atoms with E-state index in [1.165, 1.54) is 5.56 Å². The maximum absolute atomic E-state index is 12.1. The van der Waals surface area contributed by atoms with Crippen molar-refractivity contribution in [2.45, 2.75) is 55.8 Å². The zero-order valence-electron chi connectivity index (χ0n) is 22.7. The van der Waals surface area contributed by atoms with Gasteiger partial charge in [-0.05, 0) is 36.6 Å². The Balaban J connectivity index is 0.000000396. The van der Waals surface area contributed by atoms with Crippen LogP contribution in [0, 0.1) is 0 Å². The van der Waals surface area contributed by atoms with Gasteiger partial charge >= 0.3 is 36.4 Å². The van der Waals surface area contributed by atoms with Crippen LogP contribution < -0.4 is 5.32 Å². The van der Waals surface area contributed by atoms with Crippen molar-refractivity contribution < 1.29 is 74.0 Å². The molecule has 1 unspecified atom stereocenters. The predicted molar refractivity (Wildman–Crippen MR) is 132 cm³/mol. The Morgan fingerprint density at radius 2 is 1.31 bits per heavy atom. The SMILES string of the molecule is O=C(O)C(F)(F)F.O=C(O)C(F)(F)F.O=C(O)C(F)(F)F.O=C1CC(c2cccnc2)C2(CCN(Cc3ccccn3)CC2)N1. The van der Waals surface area contributed by atoms with Crippen molar-refractivity contribution in [3.05, 3.63) is 60.2 Å². The minimum atomic E-state index is -5.08. The van der Waals surface area contributed by atoms with Crippen molar-refractivity contribution in [1.29, 1.82) is 0 Å². The third-order valence-electron chi connectivity index (χ3n) is 6.12. The minimum Gasteiger partial charge on any atom is -0.475 e. The Labute approximate surface area is 247 Å². The van der Waals surface area contributed by atoms with Gasteiger partial charge < -0.3 is 20.6 Å². The van der Waals surface area contributed by atoms with Crippen LogP contribution in [0.3, 0.4) is 0 Å². The fourth-order valence-corrected chi connectivity index (χ4v) is 4.12. The number of hydrogen-bond donors (Lipinski definition) is 4. The van der Waals surface area contributed by atoms with Crippen molar-refractivity contribution in [3.8, 4) is 0 Å². The van der Waals surface area contributed by atoms with Gasteiger partial charge in [0.15, 0.2) is 0 Å². The zero-order valence-corrected chi connectivity index (χ0v) is 22.7. The number of likely N-dealkylation sites (tertiary alicyclic amines) is 1. The van der Waals surface area contributed by atoms with Crippen LogP contribution in [0.25, 0.3) is 0 Å². The average Bonchev–Trinajstić information content (AvgIpc) is 3.26. The minimum absolute atomic E-state index is 0.110. The van der Waals surface area contributed by atoms with E-state index in [9.17, 15) is 44.3 Å². The summed E-state index contributed by atoms with van der Waals surface area (Å²) >= 11 is 0. The lowest BCUT2D eigenvalue weighted by Crippen LogP contribution is -2.53. The number of halogens is 9. The second-order valence-electron chi connectivity index (χ2n) is 9.25. The molecule has 0 aromatic carbocycles. The van der Waals surface area contributed by atoms with E-state index in [0.29, 0.717) is 6.42 Å². The first kappa shape index (κ1) is 38.5. The quantitative estimate of drug-likeness (QED) is 0.352. The number of carboxylic acid groups (broad SMARTS) is 3. The molecular formula is C25H25F9N4O7. The van der Waals surface area contributed by atoms with Gasteiger partial charge in [-0.1, -0.05) is 12.1 Å². The lowest BCUT2D eigenvalue weighted by molar-refractivity contribution is -0.193. The molecule has 45 heavy (non-hydrogen) atoms. The molecule has 1 atom stereocenters. The molecule has 0 saturated carbocycles. The number of amides is 1. The second kappa shape index (κ2) is 16.0. The van der Waals surface area contributed by atoms with Crippen molar-refractivity contribution >= 4 is 23.8 Å². The fraction of sp³-hybridized carbons (Fsp3) is 0.440. The van der Waals surface area contributed by atoms with Crippen molar-refractivity contribution in [1.82, 2.24) is 20.2 Å². The smallest absolute Gasteiger partial charge is 0.475 e. The van der Waals surface area contributed by atoms with E-state index in [0.717, 1.165) is 38.2 Å². The van der Waals surface area contributed by atoms with Crippen LogP contribution in [-0.2, 0) is 25.7 Å². The van der Waals surface area contributed by atoms with Gasteiger partial charge in [-0.15, -0.1) is 0 Å². The Bertz CT molecular complexity index is 1210. The molecule has 4 heterocycles. The molecule has 4 N–H and O–H groups in total. The van der Waals surface area contributed by atoms with E-state index in [1.807, 2.05) is 30.6 Å². The lowest BCUT2D eigenvalue weighted by Gasteiger charge is -2.42. The van der Waals surface area contributed by atoms with Crippen molar-refractivity contribution in [2.75, 3.05) is 13.1 Å². The Morgan fingerprint density at radius 1 is 0.822 bits per heavy atom.